The van der Waals surface area contributed by atoms with E-state index in [-0.39, 0.29) is 25.0 Å². The fraction of sp³-hybridized carbons (Fsp3) is 0.750. The maximum atomic E-state index is 10.8. The molecule has 0 saturated carbocycles. The SMILES string of the molecule is O=C1OCC2C(O1)OC1OC(=O)OCC12. The predicted molar refractivity (Wildman–Crippen MR) is 40.5 cm³/mol. The second kappa shape index (κ2) is 2.99. The fourth-order valence-electron chi connectivity index (χ4n) is 1.96. The lowest BCUT2D eigenvalue weighted by Crippen LogP contribution is -2.40. The van der Waals surface area contributed by atoms with Gasteiger partial charge in [0.2, 0.25) is 12.6 Å². The summed E-state index contributed by atoms with van der Waals surface area (Å²) in [6.07, 6.45) is -2.92. The Morgan fingerprint density at radius 1 is 0.867 bits per heavy atom. The van der Waals surface area contributed by atoms with Crippen molar-refractivity contribution in [3.05, 3.63) is 0 Å². The average Bonchev–Trinajstić information content (AvgIpc) is 2.53. The molecule has 0 amide bonds. The van der Waals surface area contributed by atoms with Crippen LogP contribution in [0.1, 0.15) is 0 Å². The molecule has 0 spiro atoms. The number of fused-ring (bicyclic) bond motifs is 3. The molecule has 0 N–H and O–H groups in total. The highest BCUT2D eigenvalue weighted by atomic mass is 16.9. The minimum Gasteiger partial charge on any atom is -0.434 e. The molecule has 15 heavy (non-hydrogen) atoms. The van der Waals surface area contributed by atoms with Gasteiger partial charge in [-0.1, -0.05) is 0 Å². The van der Waals surface area contributed by atoms with Crippen molar-refractivity contribution in [2.45, 2.75) is 12.6 Å². The molecule has 82 valence electrons. The fourth-order valence-corrected chi connectivity index (χ4v) is 1.96. The Hall–Kier alpha value is -1.50. The van der Waals surface area contributed by atoms with Crippen LogP contribution in [0.4, 0.5) is 9.59 Å². The van der Waals surface area contributed by atoms with Gasteiger partial charge in [0, 0.05) is 0 Å². The summed E-state index contributed by atoms with van der Waals surface area (Å²) in [5, 5.41) is 0. The summed E-state index contributed by atoms with van der Waals surface area (Å²) < 4.78 is 24.3. The Morgan fingerprint density at radius 2 is 1.33 bits per heavy atom. The molecule has 3 saturated heterocycles. The number of cyclic esters (lactones) is 2. The summed E-state index contributed by atoms with van der Waals surface area (Å²) in [5.41, 5.74) is 0. The Bertz CT molecular complexity index is 284. The molecular formula is C8H8O7. The lowest BCUT2D eigenvalue weighted by molar-refractivity contribution is -0.208. The van der Waals surface area contributed by atoms with Gasteiger partial charge >= 0.3 is 12.3 Å². The Balaban J connectivity index is 1.77. The van der Waals surface area contributed by atoms with Crippen LogP contribution in [-0.4, -0.2) is 38.1 Å². The van der Waals surface area contributed by atoms with Gasteiger partial charge in [-0.05, 0) is 0 Å². The van der Waals surface area contributed by atoms with Crippen molar-refractivity contribution in [1.29, 1.82) is 0 Å². The van der Waals surface area contributed by atoms with Crippen molar-refractivity contribution < 1.29 is 33.3 Å². The van der Waals surface area contributed by atoms with E-state index < -0.39 is 24.9 Å². The summed E-state index contributed by atoms with van der Waals surface area (Å²) in [6, 6.07) is 0. The normalized spacial score (nSPS) is 42.9. The molecule has 0 aromatic heterocycles. The van der Waals surface area contributed by atoms with Crippen molar-refractivity contribution in [2.75, 3.05) is 13.2 Å². The number of carbonyl (C=O) groups excluding carboxylic acids is 2. The van der Waals surface area contributed by atoms with E-state index in [4.69, 9.17) is 23.7 Å². The summed E-state index contributed by atoms with van der Waals surface area (Å²) in [5.74, 6) is -0.276. The van der Waals surface area contributed by atoms with Gasteiger partial charge in [-0.25, -0.2) is 9.59 Å². The van der Waals surface area contributed by atoms with Crippen molar-refractivity contribution in [3.8, 4) is 0 Å². The topological polar surface area (TPSA) is 80.3 Å². The van der Waals surface area contributed by atoms with Crippen LogP contribution in [-0.2, 0) is 23.7 Å². The van der Waals surface area contributed by atoms with Crippen LogP contribution in [0.5, 0.6) is 0 Å². The van der Waals surface area contributed by atoms with Crippen LogP contribution in [0.15, 0.2) is 0 Å². The standard InChI is InChI=1S/C8H8O7/c9-7-11-1-3-4-2-12-8(10)15-6(4)13-5(3)14-7/h3-6H,1-2H2. The first-order valence-electron chi connectivity index (χ1n) is 4.56. The molecular weight excluding hydrogens is 208 g/mol. The van der Waals surface area contributed by atoms with Crippen molar-refractivity contribution >= 4 is 12.3 Å². The predicted octanol–water partition coefficient (Wildman–Crippen LogP) is 0.235. The number of hydrogen-bond donors (Lipinski definition) is 0. The highest BCUT2D eigenvalue weighted by Crippen LogP contribution is 2.38. The largest absolute Gasteiger partial charge is 0.510 e. The molecule has 3 heterocycles. The lowest BCUT2D eigenvalue weighted by atomic mass is 9.94. The smallest absolute Gasteiger partial charge is 0.434 e. The zero-order valence-electron chi connectivity index (χ0n) is 7.58. The molecule has 3 aliphatic heterocycles. The third-order valence-corrected chi connectivity index (χ3v) is 2.73. The van der Waals surface area contributed by atoms with Gasteiger partial charge in [0.1, 0.15) is 13.2 Å². The Morgan fingerprint density at radius 3 is 1.80 bits per heavy atom. The summed E-state index contributed by atoms with van der Waals surface area (Å²) in [4.78, 5) is 21.6. The van der Waals surface area contributed by atoms with Crippen molar-refractivity contribution in [2.24, 2.45) is 11.8 Å². The van der Waals surface area contributed by atoms with E-state index in [2.05, 4.69) is 0 Å². The minimum atomic E-state index is -0.762. The highest BCUT2D eigenvalue weighted by Gasteiger charge is 2.53. The zero-order chi connectivity index (χ0) is 10.4. The first-order valence-corrected chi connectivity index (χ1v) is 4.56. The van der Waals surface area contributed by atoms with Crippen molar-refractivity contribution in [1.82, 2.24) is 0 Å². The number of hydrogen-bond acceptors (Lipinski definition) is 7. The second-order valence-electron chi connectivity index (χ2n) is 3.56. The third kappa shape index (κ3) is 1.30. The molecule has 4 atom stereocenters. The molecule has 4 unspecified atom stereocenters. The van der Waals surface area contributed by atoms with Gasteiger partial charge in [0.15, 0.2) is 0 Å². The molecule has 0 bridgehead atoms. The first kappa shape index (κ1) is 8.78. The molecule has 3 fully saturated rings. The van der Waals surface area contributed by atoms with Crippen molar-refractivity contribution in [3.63, 3.8) is 0 Å². The monoisotopic (exact) mass is 216 g/mol. The lowest BCUT2D eigenvalue weighted by Gasteiger charge is -2.27. The maximum absolute atomic E-state index is 10.8. The molecule has 0 aliphatic carbocycles. The van der Waals surface area contributed by atoms with E-state index in [1.54, 1.807) is 0 Å². The molecule has 7 heteroatoms. The van der Waals surface area contributed by atoms with Crippen LogP contribution < -0.4 is 0 Å². The summed E-state index contributed by atoms with van der Waals surface area (Å²) in [6.45, 7) is 0.400. The first-order chi connectivity index (χ1) is 7.24. The highest BCUT2D eigenvalue weighted by molar-refractivity contribution is 5.62. The van der Waals surface area contributed by atoms with E-state index >= 15 is 0 Å². The van der Waals surface area contributed by atoms with Gasteiger partial charge in [0.25, 0.3) is 0 Å². The van der Waals surface area contributed by atoms with E-state index in [1.807, 2.05) is 0 Å². The molecule has 0 aromatic carbocycles. The van der Waals surface area contributed by atoms with Crippen LogP contribution in [0.2, 0.25) is 0 Å². The van der Waals surface area contributed by atoms with E-state index in [9.17, 15) is 9.59 Å². The van der Waals surface area contributed by atoms with E-state index in [0.29, 0.717) is 0 Å². The molecule has 7 nitrogen and oxygen atoms in total. The van der Waals surface area contributed by atoms with Crippen LogP contribution in [0, 0.1) is 11.8 Å². The number of rotatable bonds is 0. The molecule has 3 rings (SSSR count). The summed E-state index contributed by atoms with van der Waals surface area (Å²) >= 11 is 0. The zero-order valence-corrected chi connectivity index (χ0v) is 7.58. The van der Waals surface area contributed by atoms with Crippen LogP contribution in [0.25, 0.3) is 0 Å². The van der Waals surface area contributed by atoms with Gasteiger partial charge in [0.05, 0.1) is 11.8 Å². The quantitative estimate of drug-likeness (QED) is 0.536. The molecule has 0 aromatic rings. The van der Waals surface area contributed by atoms with Crippen LogP contribution in [0.3, 0.4) is 0 Å². The second-order valence-corrected chi connectivity index (χ2v) is 3.56. The third-order valence-electron chi connectivity index (χ3n) is 2.73. The van der Waals surface area contributed by atoms with Crippen LogP contribution >= 0.6 is 0 Å². The Kier molecular flexibility index (Phi) is 1.75. The van der Waals surface area contributed by atoms with Gasteiger partial charge in [-0.2, -0.15) is 0 Å². The van der Waals surface area contributed by atoms with Gasteiger partial charge in [-0.3, -0.25) is 0 Å². The maximum Gasteiger partial charge on any atom is 0.510 e. The number of ether oxygens (including phenoxy) is 5. The minimum absolute atomic E-state index is 0.138. The number of carbonyl (C=O) groups is 2. The molecule has 0 radical (unpaired) electrons. The van der Waals surface area contributed by atoms with Gasteiger partial charge in [-0.15, -0.1) is 0 Å². The van der Waals surface area contributed by atoms with E-state index in [1.165, 1.54) is 0 Å². The molecule has 3 aliphatic rings. The van der Waals surface area contributed by atoms with E-state index in [0.717, 1.165) is 0 Å². The average molecular weight is 216 g/mol. The van der Waals surface area contributed by atoms with Gasteiger partial charge < -0.3 is 23.7 Å². The Labute approximate surface area is 84.2 Å². The summed E-state index contributed by atoms with van der Waals surface area (Å²) in [7, 11) is 0.